The third kappa shape index (κ3) is 8.14. The van der Waals surface area contributed by atoms with Crippen molar-refractivity contribution in [1.82, 2.24) is 14.6 Å². The molecule has 0 radical (unpaired) electrons. The van der Waals surface area contributed by atoms with Gasteiger partial charge in [-0.15, -0.1) is 0 Å². The van der Waals surface area contributed by atoms with Gasteiger partial charge in [-0.3, -0.25) is 14.3 Å². The second-order valence-electron chi connectivity index (χ2n) is 10.2. The number of amides is 1. The van der Waals surface area contributed by atoms with Crippen LogP contribution in [-0.2, 0) is 36.9 Å². The number of hydrogen-bond donors (Lipinski definition) is 2. The van der Waals surface area contributed by atoms with Gasteiger partial charge >= 0.3 is 0 Å². The zero-order valence-corrected chi connectivity index (χ0v) is 26.0. The number of sulfonamides is 1. The van der Waals surface area contributed by atoms with E-state index in [9.17, 15) is 21.6 Å². The van der Waals surface area contributed by atoms with Gasteiger partial charge < -0.3 is 5.32 Å². The topological polar surface area (TPSA) is 134 Å². The van der Waals surface area contributed by atoms with Crippen molar-refractivity contribution < 1.29 is 26.2 Å². The van der Waals surface area contributed by atoms with Crippen LogP contribution >= 0.6 is 11.6 Å². The Hall–Kier alpha value is -2.83. The third-order valence-electron chi connectivity index (χ3n) is 7.02. The Kier molecular flexibility index (Phi) is 10.7. The quantitative estimate of drug-likeness (QED) is 0.257. The molecule has 1 heterocycles. The Morgan fingerprint density at radius 2 is 1.80 bits per heavy atom. The summed E-state index contributed by atoms with van der Waals surface area (Å²) in [4.78, 5) is 16.6. The zero-order chi connectivity index (χ0) is 30.4. The van der Waals surface area contributed by atoms with Crippen LogP contribution < -0.4 is 5.32 Å². The molecular weight excluding hydrogens is 586 g/mol. The lowest BCUT2D eigenvalue weighted by Crippen LogP contribution is -2.46. The highest BCUT2D eigenvalue weighted by atomic mass is 35.5. The van der Waals surface area contributed by atoms with Gasteiger partial charge in [-0.25, -0.2) is 8.42 Å². The molecule has 0 bridgehead atoms. The van der Waals surface area contributed by atoms with E-state index in [4.69, 9.17) is 16.2 Å². The standard InChI is InChI=1S/C29H36ClN3O6S2/c1-5-22-20-31-15-14-25(22)23-9-6-10-24(19-23)29(3,4)33(17-8-13-28(34)32-16-18-40(35,36)37)41(38,39)27-12-7-11-26(30)21(27)2/h6-7,9-12,14-15,19-20H,5,8,13,16-18H2,1-4H3,(H,32,34)(H,35,36,37). The number of nitrogens with one attached hydrogen (secondary N) is 1. The molecule has 3 rings (SSSR count). The first-order chi connectivity index (χ1) is 19.2. The molecule has 1 aromatic heterocycles. The fraction of sp³-hybridized carbons (Fsp3) is 0.379. The highest BCUT2D eigenvalue weighted by Crippen LogP contribution is 2.37. The van der Waals surface area contributed by atoms with Crippen LogP contribution in [0.1, 0.15) is 50.3 Å². The molecule has 0 unspecified atom stereocenters. The van der Waals surface area contributed by atoms with E-state index in [-0.39, 0.29) is 30.8 Å². The maximum atomic E-state index is 14.2. The van der Waals surface area contributed by atoms with Gasteiger partial charge in [0.05, 0.1) is 16.2 Å². The van der Waals surface area contributed by atoms with E-state index in [1.54, 1.807) is 25.3 Å². The van der Waals surface area contributed by atoms with E-state index in [1.807, 2.05) is 50.4 Å². The number of rotatable bonds is 13. The maximum absolute atomic E-state index is 14.2. The number of benzene rings is 2. The highest BCUT2D eigenvalue weighted by molar-refractivity contribution is 7.89. The third-order valence-corrected chi connectivity index (χ3v) is 10.4. The summed E-state index contributed by atoms with van der Waals surface area (Å²) in [6.45, 7) is 7.11. The van der Waals surface area contributed by atoms with Crippen LogP contribution in [0.5, 0.6) is 0 Å². The van der Waals surface area contributed by atoms with E-state index in [0.29, 0.717) is 10.6 Å². The van der Waals surface area contributed by atoms with Crippen molar-refractivity contribution in [3.8, 4) is 11.1 Å². The first-order valence-corrected chi connectivity index (χ1v) is 16.6. The van der Waals surface area contributed by atoms with Crippen molar-refractivity contribution in [1.29, 1.82) is 0 Å². The number of aromatic nitrogens is 1. The van der Waals surface area contributed by atoms with Crippen molar-refractivity contribution in [2.75, 3.05) is 18.8 Å². The van der Waals surface area contributed by atoms with Gasteiger partial charge in [0.1, 0.15) is 0 Å². The van der Waals surface area contributed by atoms with Crippen molar-refractivity contribution in [2.45, 2.75) is 57.4 Å². The smallest absolute Gasteiger partial charge is 0.266 e. The fourth-order valence-electron chi connectivity index (χ4n) is 4.68. The van der Waals surface area contributed by atoms with Gasteiger partial charge in [-0.05, 0) is 85.7 Å². The van der Waals surface area contributed by atoms with E-state index >= 15 is 0 Å². The minimum atomic E-state index is -4.21. The van der Waals surface area contributed by atoms with Gasteiger partial charge in [0.15, 0.2) is 0 Å². The second kappa shape index (κ2) is 13.4. The summed E-state index contributed by atoms with van der Waals surface area (Å²) >= 11 is 6.30. The number of carbonyl (C=O) groups is 1. The molecule has 0 aliphatic carbocycles. The predicted octanol–water partition coefficient (Wildman–Crippen LogP) is 4.98. The Balaban J connectivity index is 1.98. The normalized spacial score (nSPS) is 12.5. The summed E-state index contributed by atoms with van der Waals surface area (Å²) < 4.78 is 60.5. The van der Waals surface area contributed by atoms with Gasteiger partial charge in [-0.2, -0.15) is 12.7 Å². The average Bonchev–Trinajstić information content (AvgIpc) is 2.91. The summed E-state index contributed by atoms with van der Waals surface area (Å²) in [5.74, 6) is -1.05. The molecule has 0 atom stereocenters. The van der Waals surface area contributed by atoms with Gasteiger partial charge in [0.2, 0.25) is 15.9 Å². The maximum Gasteiger partial charge on any atom is 0.266 e. The summed E-state index contributed by atoms with van der Waals surface area (Å²) in [7, 11) is -8.30. The molecule has 2 N–H and O–H groups in total. The number of carbonyl (C=O) groups excluding carboxylic acids is 1. The van der Waals surface area contributed by atoms with Crippen molar-refractivity contribution >= 4 is 37.6 Å². The molecule has 0 saturated heterocycles. The molecular formula is C29H36ClN3O6S2. The van der Waals surface area contributed by atoms with Gasteiger partial charge in [-0.1, -0.05) is 42.8 Å². The lowest BCUT2D eigenvalue weighted by molar-refractivity contribution is -0.121. The van der Waals surface area contributed by atoms with Crippen molar-refractivity contribution in [3.05, 3.63) is 82.6 Å². The Bertz CT molecular complexity index is 1610. The van der Waals surface area contributed by atoms with Crippen LogP contribution in [0.2, 0.25) is 5.02 Å². The summed E-state index contributed by atoms with van der Waals surface area (Å²) in [5.41, 5.74) is 3.17. The van der Waals surface area contributed by atoms with Crippen LogP contribution in [0, 0.1) is 6.92 Å². The fourth-order valence-corrected chi connectivity index (χ4v) is 7.33. The molecule has 41 heavy (non-hydrogen) atoms. The van der Waals surface area contributed by atoms with E-state index < -0.39 is 37.3 Å². The molecule has 0 fully saturated rings. The zero-order valence-electron chi connectivity index (χ0n) is 23.6. The molecule has 12 heteroatoms. The Morgan fingerprint density at radius 3 is 2.49 bits per heavy atom. The van der Waals surface area contributed by atoms with Crippen LogP contribution in [0.15, 0.2) is 65.8 Å². The second-order valence-corrected chi connectivity index (χ2v) is 14.0. The number of hydrogen-bond acceptors (Lipinski definition) is 6. The first kappa shape index (κ1) is 32.7. The molecule has 0 saturated carbocycles. The van der Waals surface area contributed by atoms with Gasteiger partial charge in [0.25, 0.3) is 10.1 Å². The van der Waals surface area contributed by atoms with E-state index in [1.165, 1.54) is 10.4 Å². The minimum absolute atomic E-state index is 0.00665. The molecule has 0 aliphatic heterocycles. The number of nitrogens with zero attached hydrogens (tertiary/aromatic N) is 2. The summed E-state index contributed by atoms with van der Waals surface area (Å²) in [6.07, 6.45) is 4.47. The van der Waals surface area contributed by atoms with Crippen LogP contribution in [-0.4, -0.2) is 55.4 Å². The molecule has 222 valence electrons. The SMILES string of the molecule is CCc1cnccc1-c1cccc(C(C)(C)N(CCCC(=O)NCCS(=O)(=O)O)S(=O)(=O)c2cccc(Cl)c2C)c1. The predicted molar refractivity (Wildman–Crippen MR) is 161 cm³/mol. The molecule has 0 aliphatic rings. The van der Waals surface area contributed by atoms with Crippen molar-refractivity contribution in [2.24, 2.45) is 0 Å². The number of halogens is 1. The van der Waals surface area contributed by atoms with E-state index in [2.05, 4.69) is 17.2 Å². The van der Waals surface area contributed by atoms with E-state index in [0.717, 1.165) is 28.7 Å². The average molecular weight is 622 g/mol. The first-order valence-electron chi connectivity index (χ1n) is 13.2. The number of pyridine rings is 1. The van der Waals surface area contributed by atoms with Gasteiger partial charge in [0, 0.05) is 36.9 Å². The lowest BCUT2D eigenvalue weighted by atomic mass is 9.90. The van der Waals surface area contributed by atoms with Crippen molar-refractivity contribution in [3.63, 3.8) is 0 Å². The monoisotopic (exact) mass is 621 g/mol. The Morgan fingerprint density at radius 1 is 1.10 bits per heavy atom. The highest BCUT2D eigenvalue weighted by Gasteiger charge is 2.39. The lowest BCUT2D eigenvalue weighted by Gasteiger charge is -2.38. The molecule has 0 spiro atoms. The molecule has 9 nitrogen and oxygen atoms in total. The minimum Gasteiger partial charge on any atom is -0.355 e. The molecule has 3 aromatic rings. The summed E-state index contributed by atoms with van der Waals surface area (Å²) in [5, 5.41) is 2.77. The number of aryl methyl sites for hydroxylation is 1. The summed E-state index contributed by atoms with van der Waals surface area (Å²) in [6, 6.07) is 14.4. The molecule has 1 amide bonds. The largest absolute Gasteiger partial charge is 0.355 e. The Labute approximate surface area is 247 Å². The van der Waals surface area contributed by atoms with Crippen LogP contribution in [0.4, 0.5) is 0 Å². The molecule has 2 aromatic carbocycles. The van der Waals surface area contributed by atoms with Crippen LogP contribution in [0.3, 0.4) is 0 Å². The van der Waals surface area contributed by atoms with Crippen LogP contribution in [0.25, 0.3) is 11.1 Å².